The number of ether oxygens (including phenoxy) is 2. The molecule has 0 fully saturated rings. The number of carbonyl (C=O) groups excluding carboxylic acids is 1. The summed E-state index contributed by atoms with van der Waals surface area (Å²) >= 11 is 0. The predicted molar refractivity (Wildman–Crippen MR) is 71.1 cm³/mol. The number of rotatable bonds is 10. The highest BCUT2D eigenvalue weighted by Crippen LogP contribution is 2.13. The minimum absolute atomic E-state index is 0.0509. The lowest BCUT2D eigenvalue weighted by molar-refractivity contribution is -0.151. The maximum Gasteiger partial charge on any atom is 0.308 e. The highest BCUT2D eigenvalue weighted by atomic mass is 16.5. The minimum atomic E-state index is -0.616. The lowest BCUT2D eigenvalue weighted by Crippen LogP contribution is -2.22. The van der Waals surface area contributed by atoms with E-state index >= 15 is 0 Å². The van der Waals surface area contributed by atoms with Crippen LogP contribution in [-0.4, -0.2) is 29.9 Å². The summed E-state index contributed by atoms with van der Waals surface area (Å²) in [6, 6.07) is 0. The van der Waals surface area contributed by atoms with Crippen molar-refractivity contribution in [3.63, 3.8) is 0 Å². The maximum atomic E-state index is 11.5. The van der Waals surface area contributed by atoms with Gasteiger partial charge in [-0.3, -0.25) is 4.79 Å². The quantitative estimate of drug-likeness (QED) is 0.483. The molecule has 0 aromatic rings. The first-order valence-corrected chi connectivity index (χ1v) is 6.71. The van der Waals surface area contributed by atoms with E-state index in [9.17, 15) is 9.90 Å². The average molecular weight is 258 g/mol. The van der Waals surface area contributed by atoms with Gasteiger partial charge in [0.2, 0.25) is 0 Å². The second-order valence-electron chi connectivity index (χ2n) is 4.38. The topological polar surface area (TPSA) is 55.8 Å². The Morgan fingerprint density at radius 2 is 1.89 bits per heavy atom. The summed E-state index contributed by atoms with van der Waals surface area (Å²) in [4.78, 5) is 11.5. The van der Waals surface area contributed by atoms with E-state index in [1.54, 1.807) is 0 Å². The highest BCUT2D eigenvalue weighted by molar-refractivity contribution is 5.70. The van der Waals surface area contributed by atoms with Crippen LogP contribution in [0.1, 0.15) is 52.9 Å². The lowest BCUT2D eigenvalue weighted by Gasteiger charge is -2.18. The van der Waals surface area contributed by atoms with E-state index in [1.165, 1.54) is 0 Å². The molecule has 2 atom stereocenters. The number of aliphatic hydroxyl groups excluding tert-OH is 1. The molecule has 0 amide bonds. The van der Waals surface area contributed by atoms with Crippen LogP contribution >= 0.6 is 0 Å². The predicted octanol–water partition coefficient (Wildman–Crippen LogP) is 2.80. The van der Waals surface area contributed by atoms with Gasteiger partial charge in [0.25, 0.3) is 0 Å². The number of esters is 1. The molecule has 0 saturated heterocycles. The number of hydrogen-bond donors (Lipinski definition) is 1. The van der Waals surface area contributed by atoms with Crippen molar-refractivity contribution in [2.45, 2.75) is 65.1 Å². The molecule has 0 aliphatic rings. The molecule has 0 aliphatic heterocycles. The van der Waals surface area contributed by atoms with Crippen molar-refractivity contribution in [3.05, 3.63) is 12.3 Å². The zero-order chi connectivity index (χ0) is 14.0. The summed E-state index contributed by atoms with van der Waals surface area (Å²) in [7, 11) is 0. The molecule has 4 heteroatoms. The Morgan fingerprint density at radius 3 is 2.39 bits per heavy atom. The molecule has 0 bridgehead atoms. The second-order valence-corrected chi connectivity index (χ2v) is 4.38. The van der Waals surface area contributed by atoms with E-state index in [2.05, 4.69) is 6.58 Å². The third kappa shape index (κ3) is 8.12. The van der Waals surface area contributed by atoms with E-state index < -0.39 is 6.10 Å². The highest BCUT2D eigenvalue weighted by Gasteiger charge is 2.16. The smallest absolute Gasteiger partial charge is 0.308 e. The Balaban J connectivity index is 4.02. The molecule has 4 nitrogen and oxygen atoms in total. The fraction of sp³-hybridized carbons (Fsp3) is 0.786. The Labute approximate surface area is 110 Å². The average Bonchev–Trinajstić information content (AvgIpc) is 2.35. The van der Waals surface area contributed by atoms with Crippen LogP contribution < -0.4 is 0 Å². The minimum Gasteiger partial charge on any atom is -0.498 e. The first-order chi connectivity index (χ1) is 8.53. The summed E-state index contributed by atoms with van der Waals surface area (Å²) in [5.74, 6) is 0.284. The number of aliphatic hydroxyl groups is 1. The van der Waals surface area contributed by atoms with E-state index in [4.69, 9.17) is 9.47 Å². The summed E-state index contributed by atoms with van der Waals surface area (Å²) in [5.41, 5.74) is 0. The molecule has 0 saturated carbocycles. The monoisotopic (exact) mass is 258 g/mol. The van der Waals surface area contributed by atoms with Gasteiger partial charge < -0.3 is 14.6 Å². The molecule has 0 heterocycles. The van der Waals surface area contributed by atoms with Crippen molar-refractivity contribution in [1.29, 1.82) is 0 Å². The zero-order valence-corrected chi connectivity index (χ0v) is 11.8. The van der Waals surface area contributed by atoms with Crippen molar-refractivity contribution in [1.82, 2.24) is 0 Å². The molecule has 2 unspecified atom stereocenters. The van der Waals surface area contributed by atoms with Gasteiger partial charge in [-0.25, -0.2) is 0 Å². The lowest BCUT2D eigenvalue weighted by atomic mass is 10.1. The first kappa shape index (κ1) is 17.0. The van der Waals surface area contributed by atoms with Gasteiger partial charge in [0.05, 0.1) is 24.9 Å². The largest absolute Gasteiger partial charge is 0.498 e. The summed E-state index contributed by atoms with van der Waals surface area (Å²) < 4.78 is 10.7. The Morgan fingerprint density at radius 1 is 1.22 bits per heavy atom. The van der Waals surface area contributed by atoms with Crippen LogP contribution in [0.25, 0.3) is 0 Å². The molecule has 0 aromatic carbocycles. The number of hydrogen-bond acceptors (Lipinski definition) is 4. The van der Waals surface area contributed by atoms with Gasteiger partial charge in [0, 0.05) is 6.42 Å². The van der Waals surface area contributed by atoms with Crippen molar-refractivity contribution in [2.24, 2.45) is 0 Å². The van der Waals surface area contributed by atoms with Crippen LogP contribution in [0.2, 0.25) is 0 Å². The second kappa shape index (κ2) is 9.95. The van der Waals surface area contributed by atoms with Gasteiger partial charge in [-0.05, 0) is 19.3 Å². The van der Waals surface area contributed by atoms with Crippen molar-refractivity contribution in [3.8, 4) is 0 Å². The molecule has 106 valence electrons. The zero-order valence-electron chi connectivity index (χ0n) is 11.8. The van der Waals surface area contributed by atoms with Crippen LogP contribution in [-0.2, 0) is 14.3 Å². The molecular weight excluding hydrogens is 232 g/mol. The van der Waals surface area contributed by atoms with Crippen LogP contribution in [0.4, 0.5) is 0 Å². The van der Waals surface area contributed by atoms with Crippen LogP contribution in [0, 0.1) is 0 Å². The third-order valence-electron chi connectivity index (χ3n) is 2.59. The molecule has 0 radical (unpaired) electrons. The van der Waals surface area contributed by atoms with Crippen molar-refractivity contribution < 1.29 is 19.4 Å². The molecule has 1 N–H and O–H groups in total. The fourth-order valence-electron chi connectivity index (χ4n) is 1.40. The van der Waals surface area contributed by atoms with Gasteiger partial charge in [-0.15, -0.1) is 0 Å². The molecule has 0 aliphatic carbocycles. The van der Waals surface area contributed by atoms with E-state index in [0.717, 1.165) is 6.42 Å². The summed E-state index contributed by atoms with van der Waals surface area (Å²) in [6.45, 7) is 10.2. The maximum absolute atomic E-state index is 11.5. The molecule has 0 rings (SSSR count). The molecule has 0 spiro atoms. The van der Waals surface area contributed by atoms with Crippen LogP contribution in [0.5, 0.6) is 0 Å². The Kier molecular flexibility index (Phi) is 9.38. The van der Waals surface area contributed by atoms with Crippen LogP contribution in [0.3, 0.4) is 0 Å². The molecular formula is C14H26O4. The molecule has 18 heavy (non-hydrogen) atoms. The van der Waals surface area contributed by atoms with Crippen molar-refractivity contribution >= 4 is 5.97 Å². The number of carbonyl (C=O) groups is 1. The third-order valence-corrected chi connectivity index (χ3v) is 2.59. The Bertz CT molecular complexity index is 250. The van der Waals surface area contributed by atoms with Gasteiger partial charge in [0.15, 0.2) is 0 Å². The van der Waals surface area contributed by atoms with E-state index in [1.807, 2.05) is 20.8 Å². The first-order valence-electron chi connectivity index (χ1n) is 6.71. The fourth-order valence-corrected chi connectivity index (χ4v) is 1.40. The molecule has 0 aromatic heterocycles. The van der Waals surface area contributed by atoms with E-state index in [-0.39, 0.29) is 18.5 Å². The van der Waals surface area contributed by atoms with Gasteiger partial charge in [-0.2, -0.15) is 0 Å². The summed E-state index contributed by atoms with van der Waals surface area (Å²) in [5, 5.41) is 9.37. The summed E-state index contributed by atoms with van der Waals surface area (Å²) in [6.07, 6.45) is 1.93. The van der Waals surface area contributed by atoms with Crippen molar-refractivity contribution in [2.75, 3.05) is 6.61 Å². The van der Waals surface area contributed by atoms with Gasteiger partial charge in [-0.1, -0.05) is 27.4 Å². The van der Waals surface area contributed by atoms with E-state index in [0.29, 0.717) is 31.6 Å². The van der Waals surface area contributed by atoms with Gasteiger partial charge in [0.1, 0.15) is 6.10 Å². The standard InChI is InChI=1S/C14H26O4/c1-5-8-17-11(4)9-13(7-3)18-14(16)10-12(15)6-2/h12-13,15H,4-10H2,1-3H3. The normalized spacial score (nSPS) is 13.8. The Hall–Kier alpha value is -1.03. The van der Waals surface area contributed by atoms with Crippen LogP contribution in [0.15, 0.2) is 12.3 Å². The SMILES string of the molecule is C=C(CC(CC)OC(=O)CC(O)CC)OCCC. The van der Waals surface area contributed by atoms with Gasteiger partial charge >= 0.3 is 5.97 Å².